The van der Waals surface area contributed by atoms with Crippen LogP contribution in [0.4, 0.5) is 0 Å². The van der Waals surface area contributed by atoms with Crippen LogP contribution in [0.2, 0.25) is 0 Å². The van der Waals surface area contributed by atoms with Gasteiger partial charge in [-0.15, -0.1) is 0 Å². The molecule has 0 spiro atoms. The Morgan fingerprint density at radius 3 is 2.12 bits per heavy atom. The molecule has 2 amide bonds. The quantitative estimate of drug-likeness (QED) is 0.679. The first-order chi connectivity index (χ1) is 7.40. The van der Waals surface area contributed by atoms with Crippen LogP contribution in [0.15, 0.2) is 0 Å². The summed E-state index contributed by atoms with van der Waals surface area (Å²) in [6, 6.07) is 0.0103. The van der Waals surface area contributed by atoms with Crippen LogP contribution in [-0.4, -0.2) is 35.8 Å². The van der Waals surface area contributed by atoms with Gasteiger partial charge in [0.2, 0.25) is 0 Å². The second-order valence-corrected chi connectivity index (χ2v) is 5.28. The van der Waals surface area contributed by atoms with Gasteiger partial charge in [-0.25, -0.2) is 0 Å². The number of amides is 2. The van der Waals surface area contributed by atoms with E-state index in [-0.39, 0.29) is 11.9 Å². The van der Waals surface area contributed by atoms with E-state index in [4.69, 9.17) is 0 Å². The Kier molecular flexibility index (Phi) is 4.33. The molecule has 16 heavy (non-hydrogen) atoms. The Morgan fingerprint density at radius 2 is 1.69 bits per heavy atom. The van der Waals surface area contributed by atoms with E-state index in [0.29, 0.717) is 24.9 Å². The number of hydrogen-bond donors (Lipinski definition) is 1. The molecule has 0 aromatic rings. The lowest BCUT2D eigenvalue weighted by Gasteiger charge is -2.34. The van der Waals surface area contributed by atoms with Gasteiger partial charge in [-0.3, -0.25) is 9.59 Å². The van der Waals surface area contributed by atoms with Gasteiger partial charge in [0.25, 0.3) is 0 Å². The van der Waals surface area contributed by atoms with Crippen molar-refractivity contribution >= 4 is 11.8 Å². The molecule has 1 fully saturated rings. The molecule has 1 saturated heterocycles. The summed E-state index contributed by atoms with van der Waals surface area (Å²) >= 11 is 0. The summed E-state index contributed by atoms with van der Waals surface area (Å²) in [4.78, 5) is 25.1. The number of nitrogens with zero attached hydrogens (tertiary/aromatic N) is 1. The highest BCUT2D eigenvalue weighted by Crippen LogP contribution is 2.20. The Morgan fingerprint density at radius 1 is 1.19 bits per heavy atom. The Balaban J connectivity index is 2.56. The Bertz CT molecular complexity index is 266. The lowest BCUT2D eigenvalue weighted by Crippen LogP contribution is -2.50. The van der Waals surface area contributed by atoms with Crippen LogP contribution in [0, 0.1) is 11.8 Å². The number of carbonyl (C=O) groups excluding carboxylic acids is 2. The number of nitrogens with one attached hydrogen (secondary N) is 1. The van der Waals surface area contributed by atoms with E-state index in [1.54, 1.807) is 4.90 Å². The summed E-state index contributed by atoms with van der Waals surface area (Å²) in [5.74, 6) is 0.113. The van der Waals surface area contributed by atoms with Crippen molar-refractivity contribution < 1.29 is 9.59 Å². The predicted octanol–water partition coefficient (Wildman–Crippen LogP) is 1.02. The van der Waals surface area contributed by atoms with Gasteiger partial charge in [0, 0.05) is 19.1 Å². The van der Waals surface area contributed by atoms with Gasteiger partial charge in [0.15, 0.2) is 0 Å². The predicted molar refractivity (Wildman–Crippen MR) is 62.8 cm³/mol. The third-order valence-electron chi connectivity index (χ3n) is 2.77. The van der Waals surface area contributed by atoms with Gasteiger partial charge in [-0.2, -0.15) is 0 Å². The van der Waals surface area contributed by atoms with Crippen molar-refractivity contribution in [2.24, 2.45) is 11.8 Å². The molecule has 1 heterocycles. The van der Waals surface area contributed by atoms with Gasteiger partial charge < -0.3 is 10.2 Å². The molecular formula is C12H22N2O2. The number of likely N-dealkylation sites (tertiary alicyclic amines) is 1. The molecule has 0 aromatic carbocycles. The summed E-state index contributed by atoms with van der Waals surface area (Å²) in [7, 11) is 0. The zero-order valence-electron chi connectivity index (χ0n) is 10.6. The summed E-state index contributed by atoms with van der Waals surface area (Å²) in [6.07, 6.45) is 1.13. The lowest BCUT2D eigenvalue weighted by atomic mass is 9.92. The van der Waals surface area contributed by atoms with Crippen molar-refractivity contribution in [2.75, 3.05) is 13.1 Å². The van der Waals surface area contributed by atoms with E-state index in [2.05, 4.69) is 19.2 Å². The second-order valence-electron chi connectivity index (χ2n) is 5.28. The molecule has 0 bridgehead atoms. The maximum atomic E-state index is 11.8. The number of piperidine rings is 1. The highest BCUT2D eigenvalue weighted by molar-refractivity contribution is 6.35. The molecular weight excluding hydrogens is 204 g/mol. The van der Waals surface area contributed by atoms with Crippen LogP contribution < -0.4 is 5.32 Å². The number of hydrogen-bond acceptors (Lipinski definition) is 2. The third kappa shape index (κ3) is 3.51. The first-order valence-corrected chi connectivity index (χ1v) is 6.00. The van der Waals surface area contributed by atoms with Gasteiger partial charge in [-0.1, -0.05) is 13.8 Å². The standard InChI is InChI=1S/C12H22N2O2/c1-8(2)13-11(15)12(16)14-6-9(3)5-10(4)7-14/h8-10H,5-7H2,1-4H3,(H,13,15). The smallest absolute Gasteiger partial charge is 0.311 e. The van der Waals surface area contributed by atoms with Crippen LogP contribution in [0.5, 0.6) is 0 Å². The van der Waals surface area contributed by atoms with Gasteiger partial charge in [0.05, 0.1) is 0 Å². The molecule has 4 nitrogen and oxygen atoms in total. The SMILES string of the molecule is CC1CC(C)CN(C(=O)C(=O)NC(C)C)C1. The van der Waals surface area contributed by atoms with Crippen molar-refractivity contribution in [1.29, 1.82) is 0 Å². The zero-order chi connectivity index (χ0) is 12.3. The first kappa shape index (κ1) is 13.0. The van der Waals surface area contributed by atoms with Gasteiger partial charge in [-0.05, 0) is 32.1 Å². The average molecular weight is 226 g/mol. The lowest BCUT2D eigenvalue weighted by molar-refractivity contribution is -0.147. The fraction of sp³-hybridized carbons (Fsp3) is 0.833. The molecule has 0 saturated carbocycles. The summed E-state index contributed by atoms with van der Waals surface area (Å²) in [6.45, 7) is 9.36. The van der Waals surface area contributed by atoms with Crippen LogP contribution in [-0.2, 0) is 9.59 Å². The summed E-state index contributed by atoms with van der Waals surface area (Å²) in [5, 5.41) is 2.64. The van der Waals surface area contributed by atoms with E-state index >= 15 is 0 Å². The highest BCUT2D eigenvalue weighted by Gasteiger charge is 2.29. The minimum atomic E-state index is -0.476. The number of carbonyl (C=O) groups is 2. The monoisotopic (exact) mass is 226 g/mol. The van der Waals surface area contributed by atoms with Crippen molar-refractivity contribution in [3.63, 3.8) is 0 Å². The third-order valence-corrected chi connectivity index (χ3v) is 2.77. The molecule has 0 aliphatic carbocycles. The molecule has 2 unspecified atom stereocenters. The maximum Gasteiger partial charge on any atom is 0.311 e. The molecule has 1 aliphatic heterocycles. The van der Waals surface area contributed by atoms with Crippen molar-refractivity contribution in [3.05, 3.63) is 0 Å². The normalized spacial score (nSPS) is 25.7. The topological polar surface area (TPSA) is 49.4 Å². The molecule has 0 aromatic heterocycles. The second kappa shape index (κ2) is 5.32. The van der Waals surface area contributed by atoms with E-state index < -0.39 is 5.91 Å². The molecule has 1 aliphatic rings. The van der Waals surface area contributed by atoms with Crippen molar-refractivity contribution in [3.8, 4) is 0 Å². The van der Waals surface area contributed by atoms with Crippen LogP contribution >= 0.6 is 0 Å². The van der Waals surface area contributed by atoms with Gasteiger partial charge >= 0.3 is 11.8 Å². The maximum absolute atomic E-state index is 11.8. The summed E-state index contributed by atoms with van der Waals surface area (Å²) in [5.41, 5.74) is 0. The fourth-order valence-electron chi connectivity index (χ4n) is 2.30. The van der Waals surface area contributed by atoms with Crippen LogP contribution in [0.3, 0.4) is 0 Å². The van der Waals surface area contributed by atoms with E-state index in [9.17, 15) is 9.59 Å². The molecule has 0 radical (unpaired) electrons. The fourth-order valence-corrected chi connectivity index (χ4v) is 2.30. The molecule has 2 atom stereocenters. The van der Waals surface area contributed by atoms with Crippen molar-refractivity contribution in [2.45, 2.75) is 40.2 Å². The van der Waals surface area contributed by atoms with E-state index in [1.165, 1.54) is 0 Å². The average Bonchev–Trinajstić information content (AvgIpc) is 2.13. The minimum absolute atomic E-state index is 0.0103. The number of rotatable bonds is 1. The highest BCUT2D eigenvalue weighted by atomic mass is 16.2. The minimum Gasteiger partial charge on any atom is -0.346 e. The molecule has 92 valence electrons. The zero-order valence-corrected chi connectivity index (χ0v) is 10.6. The Labute approximate surface area is 97.4 Å². The van der Waals surface area contributed by atoms with Crippen LogP contribution in [0.1, 0.15) is 34.1 Å². The largest absolute Gasteiger partial charge is 0.346 e. The van der Waals surface area contributed by atoms with Crippen molar-refractivity contribution in [1.82, 2.24) is 10.2 Å². The summed E-state index contributed by atoms with van der Waals surface area (Å²) < 4.78 is 0. The van der Waals surface area contributed by atoms with Gasteiger partial charge in [0.1, 0.15) is 0 Å². The molecule has 1 N–H and O–H groups in total. The van der Waals surface area contributed by atoms with E-state index in [1.807, 2.05) is 13.8 Å². The molecule has 4 heteroatoms. The molecule has 1 rings (SSSR count). The first-order valence-electron chi connectivity index (χ1n) is 6.00. The Hall–Kier alpha value is -1.06. The van der Waals surface area contributed by atoms with E-state index in [0.717, 1.165) is 6.42 Å². The van der Waals surface area contributed by atoms with Crippen LogP contribution in [0.25, 0.3) is 0 Å².